The number of hydrogen-bond acceptors (Lipinski definition) is 3. The summed E-state index contributed by atoms with van der Waals surface area (Å²) in [6.07, 6.45) is 20.2. The van der Waals surface area contributed by atoms with E-state index in [9.17, 15) is 4.79 Å². The molecule has 5 heteroatoms. The number of para-hydroxylation sites is 1. The van der Waals surface area contributed by atoms with E-state index < -0.39 is 0 Å². The van der Waals surface area contributed by atoms with Crippen molar-refractivity contribution in [1.82, 2.24) is 15.6 Å². The lowest BCUT2D eigenvalue weighted by Gasteiger charge is -2.12. The lowest BCUT2D eigenvalue weighted by Crippen LogP contribution is -2.22. The average Bonchev–Trinajstić information content (AvgIpc) is 3.36. The molecule has 39 heavy (non-hydrogen) atoms. The Morgan fingerprint density at radius 2 is 1.85 bits per heavy atom. The standard InChI is InChI=1S/C22H31NO2.C10H12N2.C2H2/c1-5-8-18(4)17-25-21-13-11-20(12-14-21)16-23-22(24)15-19(9-6-2)10-7-3;1-11-6-8-7-12-10-5-3-2-4-9(8)10;1-2/h6-7,9-14,18H,2,5,8,15-17H2,1,3-4H3,(H,23,24);2-5,7,11-12H,6H2,1H3;1-2H/b10-7-,19-9+;;. The first kappa shape index (κ1) is 33.0. The molecule has 0 bridgehead atoms. The number of H-pyrrole nitrogens is 1. The Morgan fingerprint density at radius 1 is 1.13 bits per heavy atom. The van der Waals surface area contributed by atoms with Crippen LogP contribution in [0.3, 0.4) is 0 Å². The van der Waals surface area contributed by atoms with Crippen molar-refractivity contribution in [3.8, 4) is 18.6 Å². The van der Waals surface area contributed by atoms with Crippen LogP contribution in [-0.4, -0.2) is 24.5 Å². The summed E-state index contributed by atoms with van der Waals surface area (Å²) < 4.78 is 5.80. The second-order valence-corrected chi connectivity index (χ2v) is 9.17. The zero-order valence-corrected chi connectivity index (χ0v) is 24.0. The highest BCUT2D eigenvalue weighted by atomic mass is 16.5. The molecule has 0 saturated heterocycles. The minimum absolute atomic E-state index is 0.0000769. The number of rotatable bonds is 13. The minimum atomic E-state index is -0.0000769. The third-order valence-electron chi connectivity index (χ3n) is 5.85. The first-order valence-corrected chi connectivity index (χ1v) is 13.5. The molecule has 208 valence electrons. The van der Waals surface area contributed by atoms with Crippen LogP contribution < -0.4 is 15.4 Å². The Labute approximate surface area is 235 Å². The van der Waals surface area contributed by atoms with Crippen molar-refractivity contribution in [3.05, 3.63) is 102 Å². The lowest BCUT2D eigenvalue weighted by molar-refractivity contribution is -0.120. The van der Waals surface area contributed by atoms with Crippen LogP contribution >= 0.6 is 0 Å². The number of terminal acetylenes is 1. The normalized spacial score (nSPS) is 11.6. The van der Waals surface area contributed by atoms with Crippen LogP contribution in [0.25, 0.3) is 10.9 Å². The van der Waals surface area contributed by atoms with E-state index in [-0.39, 0.29) is 5.91 Å². The Balaban J connectivity index is 0.000000447. The summed E-state index contributed by atoms with van der Waals surface area (Å²) in [6.45, 7) is 12.2. The second kappa shape index (κ2) is 20.0. The Kier molecular flexibility index (Phi) is 16.9. The number of carbonyl (C=O) groups excluding carboxylic acids is 1. The topological polar surface area (TPSA) is 66.2 Å². The van der Waals surface area contributed by atoms with Crippen LogP contribution in [-0.2, 0) is 17.9 Å². The zero-order valence-electron chi connectivity index (χ0n) is 24.0. The Bertz CT molecular complexity index is 1190. The monoisotopic (exact) mass is 527 g/mol. The number of carbonyl (C=O) groups is 1. The molecule has 3 aromatic rings. The largest absolute Gasteiger partial charge is 0.493 e. The first-order valence-electron chi connectivity index (χ1n) is 13.5. The molecule has 3 rings (SSSR count). The molecule has 0 aliphatic rings. The molecule has 0 aliphatic carbocycles. The van der Waals surface area contributed by atoms with Crippen LogP contribution in [0, 0.1) is 18.8 Å². The summed E-state index contributed by atoms with van der Waals surface area (Å²) in [5.41, 5.74) is 4.54. The molecule has 0 saturated carbocycles. The van der Waals surface area contributed by atoms with E-state index in [1.807, 2.05) is 62.5 Å². The van der Waals surface area contributed by atoms with Crippen molar-refractivity contribution >= 4 is 16.8 Å². The zero-order chi connectivity index (χ0) is 28.9. The van der Waals surface area contributed by atoms with E-state index in [0.717, 1.165) is 30.0 Å². The molecule has 1 unspecified atom stereocenters. The van der Waals surface area contributed by atoms with Gasteiger partial charge in [-0.15, -0.1) is 12.8 Å². The number of allylic oxidation sites excluding steroid dienone is 4. The fourth-order valence-electron chi connectivity index (χ4n) is 3.97. The van der Waals surface area contributed by atoms with Gasteiger partial charge in [0.1, 0.15) is 5.75 Å². The molecule has 0 aliphatic heterocycles. The summed E-state index contributed by atoms with van der Waals surface area (Å²) in [5, 5.41) is 7.40. The predicted molar refractivity (Wildman–Crippen MR) is 167 cm³/mol. The van der Waals surface area contributed by atoms with Crippen LogP contribution in [0.15, 0.2) is 91.2 Å². The molecular weight excluding hydrogens is 482 g/mol. The predicted octanol–water partition coefficient (Wildman–Crippen LogP) is 7.33. The number of fused-ring (bicyclic) bond motifs is 1. The summed E-state index contributed by atoms with van der Waals surface area (Å²) in [5.74, 6) is 1.45. The molecule has 3 N–H and O–H groups in total. The molecular formula is C34H45N3O2. The SMILES string of the molecule is C#C.C=C/C=C(\C=C/C)CC(=O)NCc1ccc(OCC(C)CCC)cc1.CNCc1c[nH]c2ccccc12. The van der Waals surface area contributed by atoms with Crippen molar-refractivity contribution in [2.75, 3.05) is 13.7 Å². The van der Waals surface area contributed by atoms with Crippen LogP contribution in [0.2, 0.25) is 0 Å². The van der Waals surface area contributed by atoms with Gasteiger partial charge in [0.2, 0.25) is 5.91 Å². The second-order valence-electron chi connectivity index (χ2n) is 9.17. The third-order valence-corrected chi connectivity index (χ3v) is 5.85. The molecule has 1 atom stereocenters. The maximum absolute atomic E-state index is 12.0. The van der Waals surface area contributed by atoms with E-state index in [4.69, 9.17) is 4.74 Å². The molecule has 2 aromatic carbocycles. The smallest absolute Gasteiger partial charge is 0.224 e. The number of benzene rings is 2. The van der Waals surface area contributed by atoms with Gasteiger partial charge in [0, 0.05) is 30.2 Å². The van der Waals surface area contributed by atoms with Crippen LogP contribution in [0.1, 0.15) is 51.2 Å². The molecule has 1 amide bonds. The summed E-state index contributed by atoms with van der Waals surface area (Å²) in [7, 11) is 1.96. The molecule has 5 nitrogen and oxygen atoms in total. The number of aromatic nitrogens is 1. The van der Waals surface area contributed by atoms with E-state index in [2.05, 4.69) is 73.3 Å². The van der Waals surface area contributed by atoms with Crippen LogP contribution in [0.5, 0.6) is 5.75 Å². The highest BCUT2D eigenvalue weighted by Gasteiger charge is 2.05. The van der Waals surface area contributed by atoms with Gasteiger partial charge in [0.25, 0.3) is 0 Å². The summed E-state index contributed by atoms with van der Waals surface area (Å²) in [4.78, 5) is 15.3. The maximum atomic E-state index is 12.0. The molecule has 1 aromatic heterocycles. The lowest BCUT2D eigenvalue weighted by atomic mass is 10.1. The fourth-order valence-corrected chi connectivity index (χ4v) is 3.97. The fraction of sp³-hybridized carbons (Fsp3) is 0.324. The Hall–Kier alpha value is -4.01. The molecule has 0 spiro atoms. The van der Waals surface area contributed by atoms with Crippen molar-refractivity contribution in [2.45, 2.75) is 53.1 Å². The van der Waals surface area contributed by atoms with Crippen molar-refractivity contribution in [1.29, 1.82) is 0 Å². The van der Waals surface area contributed by atoms with Gasteiger partial charge in [-0.1, -0.05) is 81.5 Å². The number of nitrogens with one attached hydrogen (secondary N) is 3. The average molecular weight is 528 g/mol. The van der Waals surface area contributed by atoms with Gasteiger partial charge in [-0.05, 0) is 61.2 Å². The highest BCUT2D eigenvalue weighted by Crippen LogP contribution is 2.17. The summed E-state index contributed by atoms with van der Waals surface area (Å²) >= 11 is 0. The highest BCUT2D eigenvalue weighted by molar-refractivity contribution is 5.83. The molecule has 0 radical (unpaired) electrons. The van der Waals surface area contributed by atoms with Gasteiger partial charge in [0.15, 0.2) is 0 Å². The van der Waals surface area contributed by atoms with Crippen molar-refractivity contribution in [2.24, 2.45) is 5.92 Å². The third kappa shape index (κ3) is 12.9. The van der Waals surface area contributed by atoms with E-state index in [1.165, 1.54) is 29.3 Å². The Morgan fingerprint density at radius 3 is 2.49 bits per heavy atom. The van der Waals surface area contributed by atoms with Crippen molar-refractivity contribution in [3.63, 3.8) is 0 Å². The van der Waals surface area contributed by atoms with Crippen molar-refractivity contribution < 1.29 is 9.53 Å². The molecule has 0 fully saturated rings. The number of ether oxygens (including phenoxy) is 1. The van der Waals surface area contributed by atoms with Gasteiger partial charge in [-0.2, -0.15) is 0 Å². The summed E-state index contributed by atoms with van der Waals surface area (Å²) in [6, 6.07) is 16.2. The first-order chi connectivity index (χ1) is 19.0. The van der Waals surface area contributed by atoms with E-state index in [0.29, 0.717) is 18.9 Å². The van der Waals surface area contributed by atoms with E-state index >= 15 is 0 Å². The number of hydrogen-bond donors (Lipinski definition) is 3. The maximum Gasteiger partial charge on any atom is 0.224 e. The molecule has 1 heterocycles. The van der Waals surface area contributed by atoms with Gasteiger partial charge in [0.05, 0.1) is 13.0 Å². The van der Waals surface area contributed by atoms with Gasteiger partial charge >= 0.3 is 0 Å². The van der Waals surface area contributed by atoms with Gasteiger partial charge in [-0.25, -0.2) is 0 Å². The van der Waals surface area contributed by atoms with Gasteiger partial charge in [-0.3, -0.25) is 4.79 Å². The van der Waals surface area contributed by atoms with Crippen LogP contribution in [0.4, 0.5) is 0 Å². The van der Waals surface area contributed by atoms with Gasteiger partial charge < -0.3 is 20.4 Å². The van der Waals surface area contributed by atoms with E-state index in [1.54, 1.807) is 6.08 Å². The minimum Gasteiger partial charge on any atom is -0.493 e. The number of amides is 1. The number of aromatic amines is 1. The quantitative estimate of drug-likeness (QED) is 0.161.